The van der Waals surface area contributed by atoms with Gasteiger partial charge in [0.1, 0.15) is 5.75 Å². The van der Waals surface area contributed by atoms with E-state index in [0.717, 1.165) is 30.8 Å². The van der Waals surface area contributed by atoms with Crippen LogP contribution in [0.25, 0.3) is 0 Å². The summed E-state index contributed by atoms with van der Waals surface area (Å²) < 4.78 is 23.3. The molecule has 0 radical (unpaired) electrons. The molecule has 0 aromatic heterocycles. The molecular formula is C18H27FO3. The van der Waals surface area contributed by atoms with E-state index >= 15 is 0 Å². The van der Waals surface area contributed by atoms with E-state index in [9.17, 15) is 9.18 Å². The molecule has 0 saturated carbocycles. The Balaban J connectivity index is 2.22. The number of alkyl halides is 1. The molecule has 0 aliphatic carbocycles. The lowest BCUT2D eigenvalue weighted by Crippen LogP contribution is -2.17. The molecule has 0 N–H and O–H groups in total. The number of carbonyl (C=O) groups is 1. The molecule has 4 heteroatoms. The van der Waals surface area contributed by atoms with E-state index in [1.54, 1.807) is 0 Å². The minimum Gasteiger partial charge on any atom is -0.494 e. The van der Waals surface area contributed by atoms with Gasteiger partial charge in [0, 0.05) is 0 Å². The number of aryl methyl sites for hydroxylation is 1. The Kier molecular flexibility index (Phi) is 9.28. The van der Waals surface area contributed by atoms with Crippen molar-refractivity contribution in [3.05, 3.63) is 29.8 Å². The highest BCUT2D eigenvalue weighted by molar-refractivity contribution is 5.74. The van der Waals surface area contributed by atoms with Crippen LogP contribution in [0.5, 0.6) is 5.75 Å². The Hall–Kier alpha value is -1.58. The van der Waals surface area contributed by atoms with E-state index in [2.05, 4.69) is 11.7 Å². The highest BCUT2D eigenvalue weighted by Gasteiger charge is 2.16. The minimum atomic E-state index is -1.52. The molecule has 0 spiro atoms. The second-order valence-electron chi connectivity index (χ2n) is 5.44. The molecule has 124 valence electrons. The lowest BCUT2D eigenvalue weighted by Gasteiger charge is -2.08. The van der Waals surface area contributed by atoms with Crippen LogP contribution in [0.15, 0.2) is 24.3 Å². The maximum absolute atomic E-state index is 13.3. The van der Waals surface area contributed by atoms with E-state index in [4.69, 9.17) is 4.74 Å². The van der Waals surface area contributed by atoms with Crippen molar-refractivity contribution in [2.75, 3.05) is 13.7 Å². The number of unbranched alkanes of at least 4 members (excludes halogenated alkanes) is 3. The van der Waals surface area contributed by atoms with Gasteiger partial charge in [0.15, 0.2) is 6.17 Å². The molecule has 0 heterocycles. The first-order chi connectivity index (χ1) is 10.7. The van der Waals surface area contributed by atoms with Crippen LogP contribution in [-0.2, 0) is 16.0 Å². The van der Waals surface area contributed by atoms with Crippen molar-refractivity contribution < 1.29 is 18.7 Å². The molecule has 1 unspecified atom stereocenters. The smallest absolute Gasteiger partial charge is 0.340 e. The molecule has 0 aliphatic rings. The van der Waals surface area contributed by atoms with Crippen LogP contribution in [-0.4, -0.2) is 25.9 Å². The summed E-state index contributed by atoms with van der Waals surface area (Å²) in [6, 6.07) is 7.88. The standard InChI is InChI=1S/C18H27FO3/c1-3-4-5-6-14-22-16-12-10-15(11-13-16)8-7-9-17(19)18(20)21-2/h10-13,17H,3-9,14H2,1-2H3. The topological polar surface area (TPSA) is 35.5 Å². The summed E-state index contributed by atoms with van der Waals surface area (Å²) in [5.74, 6) is 0.0880. The highest BCUT2D eigenvalue weighted by Crippen LogP contribution is 2.15. The van der Waals surface area contributed by atoms with Crippen LogP contribution in [0.4, 0.5) is 4.39 Å². The van der Waals surface area contributed by atoms with Gasteiger partial charge in [0.2, 0.25) is 0 Å². The summed E-state index contributed by atoms with van der Waals surface area (Å²) in [7, 11) is 1.20. The average Bonchev–Trinajstić information content (AvgIpc) is 2.55. The maximum Gasteiger partial charge on any atom is 0.340 e. The van der Waals surface area contributed by atoms with Crippen LogP contribution in [0.1, 0.15) is 51.0 Å². The Morgan fingerprint density at radius 3 is 2.50 bits per heavy atom. The van der Waals surface area contributed by atoms with Gasteiger partial charge < -0.3 is 9.47 Å². The van der Waals surface area contributed by atoms with Crippen molar-refractivity contribution in [2.45, 2.75) is 58.0 Å². The molecule has 1 aromatic carbocycles. The molecule has 0 amide bonds. The lowest BCUT2D eigenvalue weighted by atomic mass is 10.1. The second kappa shape index (κ2) is 11.0. The molecule has 1 atom stereocenters. The summed E-state index contributed by atoms with van der Waals surface area (Å²) in [4.78, 5) is 11.0. The molecule has 1 aromatic rings. The van der Waals surface area contributed by atoms with Gasteiger partial charge in [-0.2, -0.15) is 0 Å². The number of rotatable bonds is 11. The predicted molar refractivity (Wildman–Crippen MR) is 85.9 cm³/mol. The Labute approximate surface area is 132 Å². The zero-order chi connectivity index (χ0) is 16.2. The van der Waals surface area contributed by atoms with E-state index < -0.39 is 12.1 Å². The summed E-state index contributed by atoms with van der Waals surface area (Å²) in [6.45, 7) is 2.94. The van der Waals surface area contributed by atoms with E-state index in [0.29, 0.717) is 6.42 Å². The molecule has 0 bridgehead atoms. The number of halogens is 1. The minimum absolute atomic E-state index is 0.197. The Bertz CT molecular complexity index is 417. The zero-order valence-electron chi connectivity index (χ0n) is 13.6. The van der Waals surface area contributed by atoms with Crippen molar-refractivity contribution in [1.82, 2.24) is 0 Å². The molecule has 1 rings (SSSR count). The number of methoxy groups -OCH3 is 1. The van der Waals surface area contributed by atoms with Gasteiger partial charge in [0.05, 0.1) is 13.7 Å². The first kappa shape index (κ1) is 18.5. The van der Waals surface area contributed by atoms with Crippen LogP contribution >= 0.6 is 0 Å². The van der Waals surface area contributed by atoms with Crippen molar-refractivity contribution in [3.63, 3.8) is 0 Å². The molecule has 3 nitrogen and oxygen atoms in total. The monoisotopic (exact) mass is 310 g/mol. The van der Waals surface area contributed by atoms with Gasteiger partial charge in [-0.1, -0.05) is 38.3 Å². The molecule has 0 saturated heterocycles. The van der Waals surface area contributed by atoms with Gasteiger partial charge in [0.25, 0.3) is 0 Å². The first-order valence-electron chi connectivity index (χ1n) is 8.11. The number of carbonyl (C=O) groups excluding carboxylic acids is 1. The third-order valence-electron chi connectivity index (χ3n) is 3.57. The summed E-state index contributed by atoms with van der Waals surface area (Å²) in [6.07, 6.45) is 4.81. The number of hydrogen-bond donors (Lipinski definition) is 0. The fraction of sp³-hybridized carbons (Fsp3) is 0.611. The number of hydrogen-bond acceptors (Lipinski definition) is 3. The molecule has 22 heavy (non-hydrogen) atoms. The Morgan fingerprint density at radius 2 is 1.86 bits per heavy atom. The third-order valence-corrected chi connectivity index (χ3v) is 3.57. The van der Waals surface area contributed by atoms with Crippen LogP contribution < -0.4 is 4.74 Å². The summed E-state index contributed by atoms with van der Waals surface area (Å²) >= 11 is 0. The van der Waals surface area contributed by atoms with Gasteiger partial charge in [-0.3, -0.25) is 0 Å². The van der Waals surface area contributed by atoms with Crippen LogP contribution in [0, 0.1) is 0 Å². The number of esters is 1. The highest BCUT2D eigenvalue weighted by atomic mass is 19.1. The van der Waals surface area contributed by atoms with Crippen LogP contribution in [0.3, 0.4) is 0 Å². The lowest BCUT2D eigenvalue weighted by molar-refractivity contribution is -0.146. The normalized spacial score (nSPS) is 12.0. The molecule has 0 aliphatic heterocycles. The maximum atomic E-state index is 13.3. The SMILES string of the molecule is CCCCCCOc1ccc(CCCC(F)C(=O)OC)cc1. The predicted octanol–water partition coefficient (Wildman–Crippen LogP) is 4.48. The number of benzene rings is 1. The fourth-order valence-corrected chi connectivity index (χ4v) is 2.20. The van der Waals surface area contributed by atoms with Crippen molar-refractivity contribution >= 4 is 5.97 Å². The number of ether oxygens (including phenoxy) is 2. The van der Waals surface area contributed by atoms with Crippen molar-refractivity contribution in [2.24, 2.45) is 0 Å². The van der Waals surface area contributed by atoms with Gasteiger partial charge >= 0.3 is 5.97 Å². The van der Waals surface area contributed by atoms with E-state index in [1.165, 1.54) is 26.4 Å². The second-order valence-corrected chi connectivity index (χ2v) is 5.44. The largest absolute Gasteiger partial charge is 0.494 e. The zero-order valence-corrected chi connectivity index (χ0v) is 13.6. The van der Waals surface area contributed by atoms with E-state index in [1.807, 2.05) is 24.3 Å². The van der Waals surface area contributed by atoms with Crippen LogP contribution in [0.2, 0.25) is 0 Å². The molecular weight excluding hydrogens is 283 g/mol. The average molecular weight is 310 g/mol. The fourth-order valence-electron chi connectivity index (χ4n) is 2.20. The van der Waals surface area contributed by atoms with Crippen molar-refractivity contribution in [3.8, 4) is 5.75 Å². The van der Waals surface area contributed by atoms with Gasteiger partial charge in [-0.15, -0.1) is 0 Å². The quantitative estimate of drug-likeness (QED) is 0.446. The third kappa shape index (κ3) is 7.43. The van der Waals surface area contributed by atoms with Crippen molar-refractivity contribution in [1.29, 1.82) is 0 Å². The summed E-state index contributed by atoms with van der Waals surface area (Å²) in [5.41, 5.74) is 1.12. The summed E-state index contributed by atoms with van der Waals surface area (Å²) in [5, 5.41) is 0. The van der Waals surface area contributed by atoms with Gasteiger partial charge in [-0.25, -0.2) is 9.18 Å². The first-order valence-corrected chi connectivity index (χ1v) is 8.11. The van der Waals surface area contributed by atoms with E-state index in [-0.39, 0.29) is 6.42 Å². The van der Waals surface area contributed by atoms with Gasteiger partial charge in [-0.05, 0) is 43.4 Å². The Morgan fingerprint density at radius 1 is 1.14 bits per heavy atom. The molecule has 0 fully saturated rings.